The Labute approximate surface area is 245 Å². The molecular formula is C26H37N9O8. The maximum atomic E-state index is 13.2. The second-order valence-electron chi connectivity index (χ2n) is 9.74. The first-order valence-corrected chi connectivity index (χ1v) is 13.3. The molecular weight excluding hydrogens is 566 g/mol. The third-order valence-electron chi connectivity index (χ3n) is 6.34. The van der Waals surface area contributed by atoms with Gasteiger partial charge in [0, 0.05) is 30.1 Å². The number of carbonyl (C=O) groups is 6. The van der Waals surface area contributed by atoms with E-state index in [0.717, 1.165) is 16.5 Å². The molecule has 2 rings (SSSR count). The Morgan fingerprint density at radius 3 is 2.12 bits per heavy atom. The number of primary amides is 1. The van der Waals surface area contributed by atoms with Gasteiger partial charge in [0.25, 0.3) is 0 Å². The number of H-pyrrole nitrogens is 1. The van der Waals surface area contributed by atoms with E-state index in [1.54, 1.807) is 6.20 Å². The zero-order valence-electron chi connectivity index (χ0n) is 23.2. The number of benzene rings is 1. The number of carboxylic acids is 2. The number of amides is 4. The van der Waals surface area contributed by atoms with Crippen molar-refractivity contribution >= 4 is 52.4 Å². The maximum absolute atomic E-state index is 13.2. The molecule has 17 heteroatoms. The SMILES string of the molecule is NC(=O)CCC(NC(=O)C(CCCN=C(N)N)NC(=O)C(CC(=O)O)NC(=O)C(N)Cc1c[nH]c2ccccc12)C(=O)O. The average molecular weight is 604 g/mol. The van der Waals surface area contributed by atoms with Gasteiger partial charge in [-0.15, -0.1) is 0 Å². The average Bonchev–Trinajstić information content (AvgIpc) is 3.33. The molecule has 0 saturated heterocycles. The van der Waals surface area contributed by atoms with Crippen LogP contribution in [0.25, 0.3) is 10.9 Å². The van der Waals surface area contributed by atoms with Gasteiger partial charge in [-0.25, -0.2) is 4.79 Å². The summed E-state index contributed by atoms with van der Waals surface area (Å²) in [5.41, 5.74) is 23.3. The molecule has 4 unspecified atom stereocenters. The summed E-state index contributed by atoms with van der Waals surface area (Å²) in [6, 6.07) is 1.67. The molecule has 0 radical (unpaired) electrons. The largest absolute Gasteiger partial charge is 0.481 e. The summed E-state index contributed by atoms with van der Waals surface area (Å²) >= 11 is 0. The first-order chi connectivity index (χ1) is 20.3. The van der Waals surface area contributed by atoms with E-state index in [9.17, 15) is 39.0 Å². The van der Waals surface area contributed by atoms with Crippen LogP contribution in [0.2, 0.25) is 0 Å². The molecule has 17 nitrogen and oxygen atoms in total. The molecule has 2 aromatic rings. The van der Waals surface area contributed by atoms with Crippen LogP contribution in [0.4, 0.5) is 0 Å². The van der Waals surface area contributed by atoms with Crippen molar-refractivity contribution in [3.63, 3.8) is 0 Å². The monoisotopic (exact) mass is 603 g/mol. The standard InChI is InChI=1S/C26H37N9O8/c27-15(10-13-12-32-16-5-2-1-4-14(13)16)22(39)35-19(11-21(37)38)24(41)33-17(6-3-9-31-26(29)30)23(40)34-18(25(42)43)7-8-20(28)36/h1-2,4-5,12,15,17-19,32H,3,6-11,27H2,(H2,28,36)(H,33,41)(H,34,40)(H,35,39)(H,37,38)(H,42,43)(H4,29,30,31). The zero-order chi connectivity index (χ0) is 32.1. The topological polar surface area (TPSA) is 311 Å². The molecule has 0 fully saturated rings. The van der Waals surface area contributed by atoms with Gasteiger partial charge < -0.3 is 54.1 Å². The number of carboxylic acid groups (broad SMARTS) is 2. The Balaban J connectivity index is 2.17. The molecule has 14 N–H and O–H groups in total. The lowest BCUT2D eigenvalue weighted by Gasteiger charge is -2.24. The number of aromatic amines is 1. The maximum Gasteiger partial charge on any atom is 0.326 e. The van der Waals surface area contributed by atoms with E-state index >= 15 is 0 Å². The Hall–Kier alpha value is -5.19. The highest BCUT2D eigenvalue weighted by atomic mass is 16.4. The van der Waals surface area contributed by atoms with E-state index in [0.29, 0.717) is 0 Å². The molecule has 0 aliphatic carbocycles. The lowest BCUT2D eigenvalue weighted by atomic mass is 10.0. The molecule has 0 bridgehead atoms. The fourth-order valence-corrected chi connectivity index (χ4v) is 4.15. The predicted molar refractivity (Wildman–Crippen MR) is 154 cm³/mol. The number of nitrogens with two attached hydrogens (primary N) is 4. The summed E-state index contributed by atoms with van der Waals surface area (Å²) in [5.74, 6) is -6.63. The van der Waals surface area contributed by atoms with E-state index in [1.165, 1.54) is 0 Å². The van der Waals surface area contributed by atoms with Crippen LogP contribution in [0.1, 0.15) is 37.7 Å². The van der Waals surface area contributed by atoms with Crippen LogP contribution in [0.15, 0.2) is 35.5 Å². The van der Waals surface area contributed by atoms with Crippen LogP contribution in [-0.2, 0) is 35.2 Å². The Morgan fingerprint density at radius 2 is 1.49 bits per heavy atom. The van der Waals surface area contributed by atoms with Gasteiger partial charge in [-0.2, -0.15) is 0 Å². The van der Waals surface area contributed by atoms with Crippen molar-refractivity contribution in [3.05, 3.63) is 36.0 Å². The Bertz CT molecular complexity index is 1360. The number of para-hydroxylation sites is 1. The Morgan fingerprint density at radius 1 is 0.860 bits per heavy atom. The number of fused-ring (bicyclic) bond motifs is 1. The molecule has 43 heavy (non-hydrogen) atoms. The molecule has 1 heterocycles. The highest BCUT2D eigenvalue weighted by Gasteiger charge is 2.31. The van der Waals surface area contributed by atoms with E-state index in [1.807, 2.05) is 24.3 Å². The van der Waals surface area contributed by atoms with Crippen LogP contribution < -0.4 is 38.9 Å². The highest BCUT2D eigenvalue weighted by Crippen LogP contribution is 2.19. The van der Waals surface area contributed by atoms with Gasteiger partial charge >= 0.3 is 11.9 Å². The number of carbonyl (C=O) groups excluding carboxylic acids is 4. The second-order valence-corrected chi connectivity index (χ2v) is 9.74. The molecule has 4 atom stereocenters. The fraction of sp³-hybridized carbons (Fsp3) is 0.423. The summed E-state index contributed by atoms with van der Waals surface area (Å²) < 4.78 is 0. The lowest BCUT2D eigenvalue weighted by molar-refractivity contribution is -0.143. The van der Waals surface area contributed by atoms with Crippen molar-refractivity contribution in [2.75, 3.05) is 6.54 Å². The predicted octanol–water partition coefficient (Wildman–Crippen LogP) is -2.63. The lowest BCUT2D eigenvalue weighted by Crippen LogP contribution is -2.57. The minimum Gasteiger partial charge on any atom is -0.481 e. The smallest absolute Gasteiger partial charge is 0.326 e. The molecule has 4 amide bonds. The molecule has 0 aliphatic rings. The number of aromatic nitrogens is 1. The number of hydrogen-bond acceptors (Lipinski definition) is 8. The molecule has 1 aromatic carbocycles. The minimum absolute atomic E-state index is 0.0595. The number of aliphatic imine (C=N–C) groups is 1. The highest BCUT2D eigenvalue weighted by molar-refractivity contribution is 5.96. The van der Waals surface area contributed by atoms with Crippen molar-refractivity contribution in [3.8, 4) is 0 Å². The van der Waals surface area contributed by atoms with Crippen molar-refractivity contribution in [1.82, 2.24) is 20.9 Å². The summed E-state index contributed by atoms with van der Waals surface area (Å²) in [7, 11) is 0. The zero-order valence-corrected chi connectivity index (χ0v) is 23.2. The van der Waals surface area contributed by atoms with E-state index in [4.69, 9.17) is 22.9 Å². The third-order valence-corrected chi connectivity index (χ3v) is 6.34. The van der Waals surface area contributed by atoms with E-state index < -0.39 is 66.2 Å². The van der Waals surface area contributed by atoms with Crippen molar-refractivity contribution in [2.24, 2.45) is 27.9 Å². The first-order valence-electron chi connectivity index (χ1n) is 13.3. The van der Waals surface area contributed by atoms with Crippen molar-refractivity contribution in [2.45, 2.75) is 62.7 Å². The summed E-state index contributed by atoms with van der Waals surface area (Å²) in [6.45, 7) is 0.0595. The van der Waals surface area contributed by atoms with Crippen molar-refractivity contribution < 1.29 is 39.0 Å². The number of aliphatic carboxylic acids is 2. The molecule has 0 saturated carbocycles. The van der Waals surface area contributed by atoms with Crippen LogP contribution in [0.5, 0.6) is 0 Å². The summed E-state index contributed by atoms with van der Waals surface area (Å²) in [4.78, 5) is 80.1. The minimum atomic E-state index is -1.63. The van der Waals surface area contributed by atoms with Crippen molar-refractivity contribution in [1.29, 1.82) is 0 Å². The van der Waals surface area contributed by atoms with Crippen LogP contribution in [0.3, 0.4) is 0 Å². The molecule has 1 aromatic heterocycles. The summed E-state index contributed by atoms with van der Waals surface area (Å²) in [5, 5.41) is 26.6. The summed E-state index contributed by atoms with van der Waals surface area (Å²) in [6.07, 6.45) is 0.357. The number of rotatable bonds is 18. The number of nitrogens with zero attached hydrogens (tertiary/aromatic N) is 1. The van der Waals surface area contributed by atoms with Gasteiger partial charge in [-0.3, -0.25) is 29.0 Å². The van der Waals surface area contributed by atoms with Crippen LogP contribution >= 0.6 is 0 Å². The van der Waals surface area contributed by atoms with Gasteiger partial charge in [0.2, 0.25) is 23.6 Å². The van der Waals surface area contributed by atoms with Gasteiger partial charge in [0.15, 0.2) is 5.96 Å². The van der Waals surface area contributed by atoms with E-state index in [2.05, 4.69) is 25.9 Å². The molecule has 0 spiro atoms. The van der Waals surface area contributed by atoms with Crippen LogP contribution in [0, 0.1) is 0 Å². The quantitative estimate of drug-likeness (QED) is 0.0477. The number of guanidine groups is 1. The van der Waals surface area contributed by atoms with Gasteiger partial charge in [0.1, 0.15) is 18.1 Å². The van der Waals surface area contributed by atoms with E-state index in [-0.39, 0.29) is 44.6 Å². The molecule has 234 valence electrons. The Kier molecular flexibility index (Phi) is 12.9. The first kappa shape index (κ1) is 34.0. The second kappa shape index (κ2) is 16.3. The molecule has 0 aliphatic heterocycles. The van der Waals surface area contributed by atoms with Gasteiger partial charge in [-0.05, 0) is 37.3 Å². The number of nitrogens with one attached hydrogen (secondary N) is 4. The fourth-order valence-electron chi connectivity index (χ4n) is 4.15. The van der Waals surface area contributed by atoms with Gasteiger partial charge in [0.05, 0.1) is 12.5 Å². The van der Waals surface area contributed by atoms with Crippen LogP contribution in [-0.4, -0.2) is 87.4 Å². The third kappa shape index (κ3) is 11.3. The normalized spacial score (nSPS) is 13.6. The number of hydrogen-bond donors (Lipinski definition) is 10. The van der Waals surface area contributed by atoms with Gasteiger partial charge in [-0.1, -0.05) is 18.2 Å².